The van der Waals surface area contributed by atoms with Gasteiger partial charge >= 0.3 is 0 Å². The molecule has 1 N–H and O–H groups in total. The normalized spacial score (nSPS) is 16.2. The minimum atomic E-state index is -0.0893. The predicted molar refractivity (Wildman–Crippen MR) is 99.0 cm³/mol. The molecule has 2 aromatic rings. The van der Waals surface area contributed by atoms with E-state index in [1.165, 1.54) is 5.56 Å². The third-order valence-electron chi connectivity index (χ3n) is 5.16. The van der Waals surface area contributed by atoms with Crippen LogP contribution in [-0.2, 0) is 11.2 Å². The molecular weight excluding hydrogens is 332 g/mol. The monoisotopic (exact) mass is 358 g/mol. The molecule has 0 saturated heterocycles. The molecule has 0 aliphatic carbocycles. The number of benzene rings is 2. The highest BCUT2D eigenvalue weighted by atomic mass is 16.7. The highest BCUT2D eigenvalue weighted by Crippen LogP contribution is 2.38. The van der Waals surface area contributed by atoms with Gasteiger partial charge in [0, 0.05) is 7.11 Å². The van der Waals surface area contributed by atoms with E-state index in [0.29, 0.717) is 18.5 Å². The van der Waals surface area contributed by atoms with Gasteiger partial charge in [0.1, 0.15) is 0 Å². The fraction of sp³-hybridized carbons (Fsp3) is 0.429. The zero-order chi connectivity index (χ0) is 18.7. The maximum Gasteiger partial charge on any atom is 0.231 e. The molecule has 0 spiro atoms. The molecule has 0 bridgehead atoms. The van der Waals surface area contributed by atoms with E-state index in [2.05, 4.69) is 26.0 Å². The van der Waals surface area contributed by atoms with Gasteiger partial charge in [0.05, 0.1) is 13.2 Å². The van der Waals surface area contributed by atoms with E-state index in [4.69, 9.17) is 18.9 Å². The molecule has 0 aromatic heterocycles. The van der Waals surface area contributed by atoms with E-state index >= 15 is 0 Å². The molecular formula is C21H26O5. The van der Waals surface area contributed by atoms with Crippen LogP contribution in [0.2, 0.25) is 0 Å². The number of hydrogen-bond acceptors (Lipinski definition) is 5. The van der Waals surface area contributed by atoms with E-state index in [1.54, 1.807) is 20.3 Å². The van der Waals surface area contributed by atoms with Crippen molar-refractivity contribution in [1.82, 2.24) is 0 Å². The molecule has 5 nitrogen and oxygen atoms in total. The fourth-order valence-corrected chi connectivity index (χ4v) is 3.45. The summed E-state index contributed by atoms with van der Waals surface area (Å²) in [4.78, 5) is 0. The minimum Gasteiger partial charge on any atom is -0.504 e. The zero-order valence-electron chi connectivity index (χ0n) is 15.7. The van der Waals surface area contributed by atoms with Gasteiger partial charge in [-0.3, -0.25) is 0 Å². The van der Waals surface area contributed by atoms with Gasteiger partial charge in [-0.05, 0) is 53.6 Å². The van der Waals surface area contributed by atoms with Crippen LogP contribution in [0.15, 0.2) is 36.4 Å². The summed E-state index contributed by atoms with van der Waals surface area (Å²) in [6.07, 6.45) is 0.820. The van der Waals surface area contributed by atoms with Crippen molar-refractivity contribution in [2.24, 2.45) is 11.8 Å². The van der Waals surface area contributed by atoms with Crippen molar-refractivity contribution in [3.8, 4) is 23.0 Å². The average molecular weight is 358 g/mol. The van der Waals surface area contributed by atoms with Crippen LogP contribution in [0.3, 0.4) is 0 Å². The quantitative estimate of drug-likeness (QED) is 0.798. The second kappa shape index (κ2) is 7.87. The third kappa shape index (κ3) is 3.73. The first-order valence-electron chi connectivity index (χ1n) is 8.81. The lowest BCUT2D eigenvalue weighted by atomic mass is 9.83. The van der Waals surface area contributed by atoms with Crippen molar-refractivity contribution < 1.29 is 24.1 Å². The Kier molecular flexibility index (Phi) is 5.57. The highest BCUT2D eigenvalue weighted by molar-refractivity contribution is 5.45. The summed E-state index contributed by atoms with van der Waals surface area (Å²) >= 11 is 0. The predicted octanol–water partition coefficient (Wildman–Crippen LogP) is 4.33. The molecule has 0 amide bonds. The summed E-state index contributed by atoms with van der Waals surface area (Å²) in [7, 11) is 3.26. The van der Waals surface area contributed by atoms with Gasteiger partial charge in [0.15, 0.2) is 23.0 Å². The molecule has 3 rings (SSSR count). The maximum atomic E-state index is 9.82. The molecule has 1 heterocycles. The van der Waals surface area contributed by atoms with Gasteiger partial charge in [0.2, 0.25) is 6.79 Å². The first-order valence-corrected chi connectivity index (χ1v) is 8.81. The maximum absolute atomic E-state index is 9.82. The van der Waals surface area contributed by atoms with Crippen molar-refractivity contribution in [1.29, 1.82) is 0 Å². The van der Waals surface area contributed by atoms with Crippen LogP contribution in [0.1, 0.15) is 31.1 Å². The molecule has 1 aliphatic heterocycles. The molecule has 0 fully saturated rings. The first-order chi connectivity index (χ1) is 12.5. The summed E-state index contributed by atoms with van der Waals surface area (Å²) in [6, 6.07) is 11.5. The Morgan fingerprint density at radius 2 is 1.81 bits per heavy atom. The Hall–Kier alpha value is -2.40. The van der Waals surface area contributed by atoms with Crippen LogP contribution in [-0.4, -0.2) is 26.1 Å². The van der Waals surface area contributed by atoms with E-state index in [0.717, 1.165) is 23.5 Å². The number of ether oxygens (including phenoxy) is 4. The largest absolute Gasteiger partial charge is 0.504 e. The molecule has 2 aromatic carbocycles. The number of rotatable bonds is 7. The number of fused-ring (bicyclic) bond motifs is 1. The van der Waals surface area contributed by atoms with Crippen LogP contribution in [0.4, 0.5) is 0 Å². The smallest absolute Gasteiger partial charge is 0.231 e. The molecule has 3 atom stereocenters. The Morgan fingerprint density at radius 3 is 2.54 bits per heavy atom. The lowest BCUT2D eigenvalue weighted by molar-refractivity contribution is 0.0365. The molecule has 26 heavy (non-hydrogen) atoms. The van der Waals surface area contributed by atoms with Crippen LogP contribution in [0, 0.1) is 11.8 Å². The lowest BCUT2D eigenvalue weighted by Gasteiger charge is -2.29. The van der Waals surface area contributed by atoms with Gasteiger partial charge in [-0.2, -0.15) is 0 Å². The number of phenols is 1. The molecule has 1 aliphatic rings. The summed E-state index contributed by atoms with van der Waals surface area (Å²) < 4.78 is 21.9. The minimum absolute atomic E-state index is 0.0893. The van der Waals surface area contributed by atoms with E-state index < -0.39 is 0 Å². The Morgan fingerprint density at radius 1 is 1.04 bits per heavy atom. The SMILES string of the molecule is COc1cc([C@H](OC)[C@H](C)[C@H](C)Cc2ccc3c(c2)OCO3)ccc1O. The second-order valence-corrected chi connectivity index (χ2v) is 6.82. The molecule has 5 heteroatoms. The van der Waals surface area contributed by atoms with E-state index in [-0.39, 0.29) is 17.8 Å². The van der Waals surface area contributed by atoms with E-state index in [9.17, 15) is 5.11 Å². The molecule has 0 saturated carbocycles. The van der Waals surface area contributed by atoms with Gasteiger partial charge in [-0.15, -0.1) is 0 Å². The first kappa shape index (κ1) is 18.4. The van der Waals surface area contributed by atoms with Crippen molar-refractivity contribution in [3.05, 3.63) is 47.5 Å². The average Bonchev–Trinajstić information content (AvgIpc) is 3.11. The summed E-state index contributed by atoms with van der Waals surface area (Å²) in [5.74, 6) is 2.85. The topological polar surface area (TPSA) is 57.2 Å². The van der Waals surface area contributed by atoms with Gasteiger partial charge in [-0.1, -0.05) is 26.0 Å². The van der Waals surface area contributed by atoms with Crippen LogP contribution < -0.4 is 14.2 Å². The Bertz CT molecular complexity index is 758. The molecule has 0 unspecified atom stereocenters. The van der Waals surface area contributed by atoms with Crippen molar-refractivity contribution in [2.75, 3.05) is 21.0 Å². The van der Waals surface area contributed by atoms with Crippen molar-refractivity contribution >= 4 is 0 Å². The number of hydrogen-bond donors (Lipinski definition) is 1. The Balaban J connectivity index is 1.74. The van der Waals surface area contributed by atoms with Crippen LogP contribution in [0.25, 0.3) is 0 Å². The highest BCUT2D eigenvalue weighted by Gasteiger charge is 2.26. The van der Waals surface area contributed by atoms with Gasteiger partial charge in [0.25, 0.3) is 0 Å². The summed E-state index contributed by atoms with van der Waals surface area (Å²) in [6.45, 7) is 4.70. The second-order valence-electron chi connectivity index (χ2n) is 6.82. The number of aromatic hydroxyl groups is 1. The van der Waals surface area contributed by atoms with Crippen LogP contribution >= 0.6 is 0 Å². The van der Waals surface area contributed by atoms with Gasteiger partial charge in [-0.25, -0.2) is 0 Å². The standard InChI is InChI=1S/C21H26O5/c1-13(9-15-5-8-18-20(10-15)26-12-25-18)14(2)21(24-4)16-6-7-17(22)19(11-16)23-3/h5-8,10-11,13-14,21-22H,9,12H2,1-4H3/t13-,14-,21-/m1/s1. The zero-order valence-corrected chi connectivity index (χ0v) is 15.7. The Labute approximate surface area is 154 Å². The number of phenolic OH excluding ortho intramolecular Hbond substituents is 1. The van der Waals surface area contributed by atoms with Crippen molar-refractivity contribution in [3.63, 3.8) is 0 Å². The van der Waals surface area contributed by atoms with Crippen molar-refractivity contribution in [2.45, 2.75) is 26.4 Å². The summed E-state index contributed by atoms with van der Waals surface area (Å²) in [5.41, 5.74) is 2.21. The number of methoxy groups -OCH3 is 2. The van der Waals surface area contributed by atoms with Crippen LogP contribution in [0.5, 0.6) is 23.0 Å². The third-order valence-corrected chi connectivity index (χ3v) is 5.16. The summed E-state index contributed by atoms with van der Waals surface area (Å²) in [5, 5.41) is 9.82. The molecule has 140 valence electrons. The fourth-order valence-electron chi connectivity index (χ4n) is 3.45. The van der Waals surface area contributed by atoms with E-state index in [1.807, 2.05) is 18.2 Å². The lowest BCUT2D eigenvalue weighted by Crippen LogP contribution is -2.20. The van der Waals surface area contributed by atoms with Gasteiger partial charge < -0.3 is 24.1 Å². The molecule has 0 radical (unpaired) electrons.